The standard InChI is InChI=1S/C23H21N3O5/c1-15-10-11-19-20(12-15)23(29)25(22(19)28)24(14-16-6-3-2-4-7-16)21(27)17-8-5-9-18(13-17)26(30)31/h2-10,13,19-20H,11-12,14H2,1H3/t19-,20-/m1/s1. The second kappa shape index (κ2) is 8.14. The van der Waals surface area contributed by atoms with Gasteiger partial charge in [0.2, 0.25) is 0 Å². The van der Waals surface area contributed by atoms with Crippen molar-refractivity contribution in [3.8, 4) is 0 Å². The van der Waals surface area contributed by atoms with Crippen LogP contribution in [-0.4, -0.2) is 32.7 Å². The van der Waals surface area contributed by atoms with Crippen molar-refractivity contribution in [2.75, 3.05) is 0 Å². The van der Waals surface area contributed by atoms with E-state index in [2.05, 4.69) is 0 Å². The lowest BCUT2D eigenvalue weighted by atomic mass is 9.82. The van der Waals surface area contributed by atoms with Gasteiger partial charge in [-0.15, -0.1) is 0 Å². The molecule has 4 rings (SSSR count). The Bertz CT molecular complexity index is 1100. The third-order valence-corrected chi connectivity index (χ3v) is 5.75. The number of hydrogen-bond acceptors (Lipinski definition) is 5. The molecule has 0 radical (unpaired) electrons. The lowest BCUT2D eigenvalue weighted by Crippen LogP contribution is -2.49. The molecule has 0 N–H and O–H groups in total. The molecule has 1 aliphatic carbocycles. The van der Waals surface area contributed by atoms with Gasteiger partial charge in [0.1, 0.15) is 0 Å². The maximum atomic E-state index is 13.4. The van der Waals surface area contributed by atoms with Crippen LogP contribution in [0.1, 0.15) is 35.7 Å². The molecule has 8 nitrogen and oxygen atoms in total. The van der Waals surface area contributed by atoms with Gasteiger partial charge in [-0.2, -0.15) is 5.01 Å². The SMILES string of the molecule is CC1=CC[C@H]2C(=O)N(N(Cc3ccccc3)C(=O)c3cccc([N+](=O)[O-])c3)C(=O)[C@@H]2C1. The Morgan fingerprint density at radius 3 is 2.52 bits per heavy atom. The van der Waals surface area contributed by atoms with E-state index in [1.54, 1.807) is 24.3 Å². The molecule has 0 bridgehead atoms. The number of non-ortho nitro benzene ring substituents is 1. The number of nitrogens with zero attached hydrogens (tertiary/aromatic N) is 3. The number of rotatable bonds is 5. The largest absolute Gasteiger partial charge is 0.273 e. The first-order valence-corrected chi connectivity index (χ1v) is 10.0. The van der Waals surface area contributed by atoms with Crippen molar-refractivity contribution in [3.63, 3.8) is 0 Å². The van der Waals surface area contributed by atoms with Gasteiger partial charge >= 0.3 is 0 Å². The number of imide groups is 1. The number of allylic oxidation sites excluding steroid dienone is 2. The average molecular weight is 419 g/mol. The smallest absolute Gasteiger partial charge is 0.272 e. The lowest BCUT2D eigenvalue weighted by molar-refractivity contribution is -0.384. The molecule has 31 heavy (non-hydrogen) atoms. The van der Waals surface area contributed by atoms with Crippen molar-refractivity contribution >= 4 is 23.4 Å². The fraction of sp³-hybridized carbons (Fsp3) is 0.261. The zero-order valence-corrected chi connectivity index (χ0v) is 16.9. The molecule has 8 heteroatoms. The minimum absolute atomic E-state index is 0.00824. The lowest BCUT2D eigenvalue weighted by Gasteiger charge is -2.30. The normalized spacial score (nSPS) is 20.3. The molecule has 2 aromatic rings. The van der Waals surface area contributed by atoms with Crippen molar-refractivity contribution in [1.82, 2.24) is 10.0 Å². The zero-order valence-electron chi connectivity index (χ0n) is 16.9. The van der Waals surface area contributed by atoms with Gasteiger partial charge in [-0.05, 0) is 31.4 Å². The summed E-state index contributed by atoms with van der Waals surface area (Å²) in [6, 6.07) is 14.3. The first kappa shape index (κ1) is 20.5. The summed E-state index contributed by atoms with van der Waals surface area (Å²) in [5.74, 6) is -2.44. The zero-order chi connectivity index (χ0) is 22.1. The molecule has 3 amide bonds. The molecule has 1 heterocycles. The Balaban J connectivity index is 1.72. The van der Waals surface area contributed by atoms with Crippen molar-refractivity contribution in [2.45, 2.75) is 26.3 Å². The highest BCUT2D eigenvalue weighted by Gasteiger charge is 2.51. The monoisotopic (exact) mass is 419 g/mol. The van der Waals surface area contributed by atoms with Crippen LogP contribution in [0.15, 0.2) is 66.2 Å². The minimum Gasteiger partial charge on any atom is -0.272 e. The molecule has 0 saturated carbocycles. The van der Waals surface area contributed by atoms with Gasteiger partial charge in [0, 0.05) is 17.7 Å². The highest BCUT2D eigenvalue weighted by Crippen LogP contribution is 2.39. The van der Waals surface area contributed by atoms with E-state index in [0.717, 1.165) is 27.2 Å². The molecule has 1 saturated heterocycles. The van der Waals surface area contributed by atoms with Gasteiger partial charge in [-0.3, -0.25) is 24.5 Å². The highest BCUT2D eigenvalue weighted by atomic mass is 16.6. The summed E-state index contributed by atoms with van der Waals surface area (Å²) in [5.41, 5.74) is 1.57. The molecule has 2 aromatic carbocycles. The maximum Gasteiger partial charge on any atom is 0.273 e. The van der Waals surface area contributed by atoms with E-state index in [-0.39, 0.29) is 17.8 Å². The third kappa shape index (κ3) is 3.84. The number of amides is 3. The molecular formula is C23H21N3O5. The predicted octanol–water partition coefficient (Wildman–Crippen LogP) is 3.49. The first-order chi connectivity index (χ1) is 14.9. The fourth-order valence-corrected chi connectivity index (χ4v) is 4.15. The molecule has 1 fully saturated rings. The Kier molecular flexibility index (Phi) is 5.37. The minimum atomic E-state index is -0.641. The van der Waals surface area contributed by atoms with Gasteiger partial charge in [0.15, 0.2) is 0 Å². The van der Waals surface area contributed by atoms with Gasteiger partial charge in [-0.1, -0.05) is 48.0 Å². The number of fused-ring (bicyclic) bond motifs is 1. The number of hydrazine groups is 1. The van der Waals surface area contributed by atoms with E-state index in [1.807, 2.05) is 19.1 Å². The van der Waals surface area contributed by atoms with Crippen LogP contribution < -0.4 is 0 Å². The quantitative estimate of drug-likeness (QED) is 0.320. The average Bonchev–Trinajstić information content (AvgIpc) is 3.02. The van der Waals surface area contributed by atoms with E-state index in [1.165, 1.54) is 18.2 Å². The third-order valence-electron chi connectivity index (χ3n) is 5.75. The number of nitro groups is 1. The fourth-order valence-electron chi connectivity index (χ4n) is 4.15. The molecule has 1 aliphatic heterocycles. The number of carbonyl (C=O) groups excluding carboxylic acids is 3. The van der Waals surface area contributed by atoms with Crippen molar-refractivity contribution in [2.24, 2.45) is 11.8 Å². The van der Waals surface area contributed by atoms with E-state index in [4.69, 9.17) is 0 Å². The molecule has 0 aromatic heterocycles. The number of benzene rings is 2. The van der Waals surface area contributed by atoms with Crippen LogP contribution >= 0.6 is 0 Å². The van der Waals surface area contributed by atoms with Gasteiger partial charge in [-0.25, -0.2) is 5.01 Å². The van der Waals surface area contributed by atoms with E-state index in [9.17, 15) is 24.5 Å². The summed E-state index contributed by atoms with van der Waals surface area (Å²) in [6.07, 6.45) is 2.90. The Morgan fingerprint density at radius 2 is 1.81 bits per heavy atom. The van der Waals surface area contributed by atoms with Crippen molar-refractivity contribution in [1.29, 1.82) is 0 Å². The van der Waals surface area contributed by atoms with Crippen LogP contribution in [0.5, 0.6) is 0 Å². The second-order valence-electron chi connectivity index (χ2n) is 7.85. The first-order valence-electron chi connectivity index (χ1n) is 10.0. The van der Waals surface area contributed by atoms with E-state index >= 15 is 0 Å². The summed E-state index contributed by atoms with van der Waals surface area (Å²) in [5, 5.41) is 13.2. The number of nitro benzene ring substituents is 1. The highest BCUT2D eigenvalue weighted by molar-refractivity contribution is 6.08. The Labute approximate surface area is 178 Å². The van der Waals surface area contributed by atoms with Gasteiger partial charge < -0.3 is 0 Å². The molecule has 158 valence electrons. The molecule has 0 spiro atoms. The van der Waals surface area contributed by atoms with Crippen LogP contribution in [0.4, 0.5) is 5.69 Å². The molecule has 2 atom stereocenters. The summed E-state index contributed by atoms with van der Waals surface area (Å²) in [7, 11) is 0. The number of carbonyl (C=O) groups is 3. The summed E-state index contributed by atoms with van der Waals surface area (Å²) in [4.78, 5) is 50.4. The van der Waals surface area contributed by atoms with Gasteiger partial charge in [0.05, 0.1) is 23.3 Å². The van der Waals surface area contributed by atoms with Crippen LogP contribution in [-0.2, 0) is 16.1 Å². The van der Waals surface area contributed by atoms with E-state index < -0.39 is 34.5 Å². The second-order valence-corrected chi connectivity index (χ2v) is 7.85. The van der Waals surface area contributed by atoms with Crippen LogP contribution in [0.25, 0.3) is 0 Å². The van der Waals surface area contributed by atoms with Crippen LogP contribution in [0.3, 0.4) is 0 Å². The summed E-state index contributed by atoms with van der Waals surface area (Å²) >= 11 is 0. The molecule has 0 unspecified atom stereocenters. The van der Waals surface area contributed by atoms with Crippen molar-refractivity contribution < 1.29 is 19.3 Å². The molecule has 2 aliphatic rings. The van der Waals surface area contributed by atoms with Crippen LogP contribution in [0.2, 0.25) is 0 Å². The Morgan fingerprint density at radius 1 is 1.10 bits per heavy atom. The maximum absolute atomic E-state index is 13.4. The van der Waals surface area contributed by atoms with Crippen LogP contribution in [0, 0.1) is 22.0 Å². The topological polar surface area (TPSA) is 101 Å². The number of hydrogen-bond donors (Lipinski definition) is 0. The molecular weight excluding hydrogens is 398 g/mol. The van der Waals surface area contributed by atoms with Crippen molar-refractivity contribution in [3.05, 3.63) is 87.5 Å². The van der Waals surface area contributed by atoms with Gasteiger partial charge in [0.25, 0.3) is 23.4 Å². The van der Waals surface area contributed by atoms with E-state index in [0.29, 0.717) is 12.8 Å². The predicted molar refractivity (Wildman–Crippen MR) is 111 cm³/mol. The summed E-state index contributed by atoms with van der Waals surface area (Å²) < 4.78 is 0. The Hall–Kier alpha value is -3.81. The summed E-state index contributed by atoms with van der Waals surface area (Å²) in [6.45, 7) is 1.92.